The van der Waals surface area contributed by atoms with Crippen LogP contribution >= 0.6 is 0 Å². The molecule has 2 radical (unpaired) electrons. The second-order valence-corrected chi connectivity index (χ2v) is 57.7. The third-order valence-corrected chi connectivity index (χ3v) is 57.0. The van der Waals surface area contributed by atoms with Gasteiger partial charge in [-0.05, 0) is 303 Å². The zero-order chi connectivity index (χ0) is 60.1. The molecule has 0 spiro atoms. The fraction of sp³-hybridized carbons (Fsp3) is 1.00. The molecular weight excluding hydrogens is 1250 g/mol. The number of hydrogen-bond donors (Lipinski definition) is 0. The first-order valence-electron chi connectivity index (χ1n) is 36.8. The Bertz CT molecular complexity index is 2250. The highest BCUT2D eigenvalue weighted by Gasteiger charge is 2.59. The highest BCUT2D eigenvalue weighted by molar-refractivity contribution is 6.94. The summed E-state index contributed by atoms with van der Waals surface area (Å²) in [5.41, 5.74) is 0. The fourth-order valence-corrected chi connectivity index (χ4v) is 59.0. The predicted molar refractivity (Wildman–Crippen MR) is 352 cm³/mol. The molecule has 22 unspecified atom stereocenters. The Morgan fingerprint density at radius 1 is 0.284 bits per heavy atom. The Kier molecular flexibility index (Phi) is 21.5. The summed E-state index contributed by atoms with van der Waals surface area (Å²) in [6.07, 6.45) is 38.8. The van der Waals surface area contributed by atoms with Gasteiger partial charge in [0.2, 0.25) is 0 Å². The molecule has 16 nitrogen and oxygen atoms in total. The predicted octanol–water partition coefficient (Wildman–Crippen LogP) is 13.9. The summed E-state index contributed by atoms with van der Waals surface area (Å²) in [4.78, 5) is 0. The molecule has 6 saturated carbocycles. The van der Waals surface area contributed by atoms with E-state index in [9.17, 15) is 0 Å². The van der Waals surface area contributed by atoms with Crippen molar-refractivity contribution in [3.8, 4) is 0 Å². The Morgan fingerprint density at radius 2 is 0.557 bits per heavy atom. The van der Waals surface area contributed by atoms with Crippen molar-refractivity contribution in [3.63, 3.8) is 0 Å². The summed E-state index contributed by atoms with van der Waals surface area (Å²) >= 11 is 0. The second kappa shape index (κ2) is 28.5. The molecule has 88 heavy (non-hydrogen) atoms. The van der Waals surface area contributed by atoms with Crippen LogP contribution in [0.1, 0.15) is 180 Å². The number of rotatable bonds is 31. The molecule has 0 aromatic carbocycles. The van der Waals surface area contributed by atoms with E-state index < -0.39 is 69.9 Å². The number of epoxide rings is 6. The van der Waals surface area contributed by atoms with Gasteiger partial charge >= 0.3 is 69.9 Å². The molecule has 8 saturated heterocycles. The summed E-state index contributed by atoms with van der Waals surface area (Å²) in [5, 5.41) is 0. The van der Waals surface area contributed by atoms with Gasteiger partial charge in [-0.2, -0.15) is 0 Å². The molecule has 22 atom stereocenters. The van der Waals surface area contributed by atoms with Gasteiger partial charge in [0.1, 0.15) is 0 Å². The first-order chi connectivity index (χ1) is 42.5. The molecule has 14 aliphatic rings. The van der Waals surface area contributed by atoms with Crippen molar-refractivity contribution in [2.24, 2.45) is 35.5 Å². The molecule has 6 aliphatic carbocycles. The first kappa shape index (κ1) is 66.3. The van der Waals surface area contributed by atoms with Gasteiger partial charge in [-0.1, -0.05) is 0 Å². The molecule has 0 N–H and O–H groups in total. The SMILES string of the molecule is C[Si]1(CCC2CCC3OC3C2)O[Si](CCCOCCCCOCCC[Si]2(C)O[Si](C)(CCC3CCC4OC4C3)O[Si](C)(CCC3CCC4OC4C3)O[Si](C)(CCC3CCC4OC4C3)O2)O[Si](CCC2CCC3OC3C2)O[Si](C)(CCC2CCC3OC3C2)O1. The van der Waals surface area contributed by atoms with Crippen LogP contribution in [-0.4, -0.2) is 170 Å². The number of ether oxygens (including phenoxy) is 8. The van der Waals surface area contributed by atoms with Gasteiger partial charge in [0, 0.05) is 26.4 Å². The van der Waals surface area contributed by atoms with E-state index in [1.807, 2.05) is 0 Å². The zero-order valence-electron chi connectivity index (χ0n) is 55.2. The molecule has 14 fully saturated rings. The van der Waals surface area contributed by atoms with Crippen LogP contribution in [0.4, 0.5) is 0 Å². The van der Waals surface area contributed by atoms with Gasteiger partial charge in [0.05, 0.1) is 73.2 Å². The molecule has 0 aromatic rings. The molecule has 500 valence electrons. The third-order valence-electron chi connectivity index (χ3n) is 23.9. The molecule has 0 bridgehead atoms. The van der Waals surface area contributed by atoms with Crippen molar-refractivity contribution >= 4 is 69.9 Å². The molecule has 0 aromatic heterocycles. The molecule has 0 amide bonds. The van der Waals surface area contributed by atoms with Crippen LogP contribution < -0.4 is 0 Å². The van der Waals surface area contributed by atoms with E-state index in [1.165, 1.54) is 116 Å². The minimum atomic E-state index is -2.77. The Balaban J connectivity index is 0.554. The average molecular weight is 1370 g/mol. The summed E-state index contributed by atoms with van der Waals surface area (Å²) in [5.74, 6) is 4.13. The van der Waals surface area contributed by atoms with Gasteiger partial charge in [-0.15, -0.1) is 0 Å². The van der Waals surface area contributed by atoms with E-state index in [0.717, 1.165) is 126 Å². The maximum atomic E-state index is 7.76. The lowest BCUT2D eigenvalue weighted by Crippen LogP contribution is -2.67. The first-order valence-corrected chi connectivity index (χ1v) is 55.0. The molecular formula is C64H116O16Si8. The summed E-state index contributed by atoms with van der Waals surface area (Å²) in [7, 11) is -19.4. The van der Waals surface area contributed by atoms with Crippen LogP contribution in [0.15, 0.2) is 0 Å². The molecule has 8 aliphatic heterocycles. The van der Waals surface area contributed by atoms with Crippen LogP contribution in [0.5, 0.6) is 0 Å². The molecule has 24 heteroatoms. The summed E-state index contributed by atoms with van der Waals surface area (Å²) < 4.78 is 110. The van der Waals surface area contributed by atoms with E-state index in [1.54, 1.807) is 0 Å². The van der Waals surface area contributed by atoms with Gasteiger partial charge in [-0.3, -0.25) is 0 Å². The quantitative estimate of drug-likeness (QED) is 0.0365. The normalized spacial score (nSPS) is 48.6. The Hall–Kier alpha value is 1.10. The van der Waals surface area contributed by atoms with Gasteiger partial charge < -0.3 is 70.8 Å². The van der Waals surface area contributed by atoms with Gasteiger partial charge in [-0.25, -0.2) is 0 Å². The maximum absolute atomic E-state index is 7.76. The zero-order valence-corrected chi connectivity index (χ0v) is 63.2. The number of unbranched alkanes of at least 4 members (excludes halogenated alkanes) is 1. The van der Waals surface area contributed by atoms with Crippen molar-refractivity contribution in [1.29, 1.82) is 0 Å². The Labute approximate surface area is 540 Å². The van der Waals surface area contributed by atoms with Crippen LogP contribution in [0.3, 0.4) is 0 Å². The minimum absolute atomic E-state index is 0.481. The van der Waals surface area contributed by atoms with Crippen molar-refractivity contribution in [1.82, 2.24) is 0 Å². The molecule has 8 heterocycles. The summed E-state index contributed by atoms with van der Waals surface area (Å²) in [6.45, 7) is 17.2. The standard InChI is InChI=1S/C64H116O16Si8/c1-83(36-24-48-12-18-54-60(42-48)68-54)74-81(73-82(34-23-47-11-17-53-59(41-47)67-53)75-84(2,76-83)37-25-49-13-19-55-61(43-49)69-55)33-9-31-65-29-7-8-30-66-32-10-35-85(3)77-86(4,38-26-50-14-20-56-62(44-50)70-56)79-88(6,40-28-52-16-22-58-64(46-52)72-58)80-87(5,78-85)39-27-51-15-21-57-63(45-51)71-57/h47-64H,7-46H2,1-6H3. The van der Waals surface area contributed by atoms with Crippen LogP contribution in [0.2, 0.25) is 87.6 Å². The van der Waals surface area contributed by atoms with E-state index in [2.05, 4.69) is 39.3 Å². The topological polar surface area (TPSA) is 167 Å². The lowest BCUT2D eigenvalue weighted by Gasteiger charge is -2.51. The van der Waals surface area contributed by atoms with Crippen LogP contribution in [-0.2, 0) is 70.8 Å². The van der Waals surface area contributed by atoms with Crippen LogP contribution in [0.25, 0.3) is 0 Å². The maximum Gasteiger partial charge on any atom is 0.365 e. The average Bonchev–Trinajstić information content (AvgIpc) is 2.34. The van der Waals surface area contributed by atoms with Gasteiger partial charge in [0.15, 0.2) is 0 Å². The highest BCUT2D eigenvalue weighted by atomic mass is 28.5. The van der Waals surface area contributed by atoms with E-state index >= 15 is 0 Å². The van der Waals surface area contributed by atoms with Gasteiger partial charge in [0.25, 0.3) is 0 Å². The fourth-order valence-electron chi connectivity index (χ4n) is 18.4. The minimum Gasteiger partial charge on any atom is -0.416 e. The van der Waals surface area contributed by atoms with E-state index in [-0.39, 0.29) is 0 Å². The Morgan fingerprint density at radius 3 is 0.898 bits per heavy atom. The lowest BCUT2D eigenvalue weighted by molar-refractivity contribution is 0.102. The van der Waals surface area contributed by atoms with E-state index in [4.69, 9.17) is 70.8 Å². The van der Waals surface area contributed by atoms with Crippen molar-refractivity contribution in [2.45, 2.75) is 341 Å². The van der Waals surface area contributed by atoms with Crippen molar-refractivity contribution in [3.05, 3.63) is 0 Å². The third kappa shape index (κ3) is 18.6. The molecule has 14 rings (SSSR count). The summed E-state index contributed by atoms with van der Waals surface area (Å²) in [6, 6.07) is 7.83. The highest BCUT2D eigenvalue weighted by Crippen LogP contribution is 2.50. The van der Waals surface area contributed by atoms with Crippen LogP contribution in [0, 0.1) is 35.5 Å². The van der Waals surface area contributed by atoms with Crippen molar-refractivity contribution < 1.29 is 70.8 Å². The number of fused-ring (bicyclic) bond motifs is 6. The van der Waals surface area contributed by atoms with E-state index in [0.29, 0.717) is 122 Å². The monoisotopic (exact) mass is 1360 g/mol. The number of hydrogen-bond acceptors (Lipinski definition) is 16. The smallest absolute Gasteiger partial charge is 0.365 e. The largest absolute Gasteiger partial charge is 0.416 e. The lowest BCUT2D eigenvalue weighted by atomic mass is 9.88. The second-order valence-electron chi connectivity index (χ2n) is 32.1. The van der Waals surface area contributed by atoms with Crippen molar-refractivity contribution in [2.75, 3.05) is 26.4 Å².